The Morgan fingerprint density at radius 3 is 2.44 bits per heavy atom. The van der Waals surface area contributed by atoms with E-state index >= 15 is 0 Å². The molecule has 0 fully saturated rings. The molecule has 3 aromatic rings. The molecule has 4 heteroatoms. The monoisotopic (exact) mass is 333 g/mol. The topological polar surface area (TPSA) is 53.1 Å². The second-order valence-electron chi connectivity index (χ2n) is 6.01. The Kier molecular flexibility index (Phi) is 5.19. The molecule has 25 heavy (non-hydrogen) atoms. The first-order chi connectivity index (χ1) is 12.2. The number of hydrogen-bond donors (Lipinski definition) is 1. The summed E-state index contributed by atoms with van der Waals surface area (Å²) < 4.78 is 7.12. The highest BCUT2D eigenvalue weighted by molar-refractivity contribution is 5.49. The van der Waals surface area contributed by atoms with Gasteiger partial charge in [-0.05, 0) is 29.7 Å². The Morgan fingerprint density at radius 2 is 1.84 bits per heavy atom. The van der Waals surface area contributed by atoms with Gasteiger partial charge in [-0.3, -0.25) is 0 Å². The zero-order valence-corrected chi connectivity index (χ0v) is 14.6. The van der Waals surface area contributed by atoms with Gasteiger partial charge < -0.3 is 15.0 Å². The fourth-order valence-corrected chi connectivity index (χ4v) is 2.84. The molecule has 1 atom stereocenters. The second kappa shape index (κ2) is 7.71. The van der Waals surface area contributed by atoms with E-state index in [2.05, 4.69) is 41.4 Å². The molecule has 0 aliphatic heterocycles. The maximum atomic E-state index is 5.94. The highest BCUT2D eigenvalue weighted by Crippen LogP contribution is 2.30. The van der Waals surface area contributed by atoms with Crippen molar-refractivity contribution in [2.45, 2.75) is 12.3 Å². The largest absolute Gasteiger partial charge is 0.497 e. The number of anilines is 1. The van der Waals surface area contributed by atoms with E-state index < -0.39 is 0 Å². The van der Waals surface area contributed by atoms with E-state index in [1.165, 1.54) is 11.1 Å². The molecule has 1 unspecified atom stereocenters. The second-order valence-corrected chi connectivity index (χ2v) is 6.01. The third-order valence-electron chi connectivity index (χ3n) is 4.29. The maximum Gasteiger partial charge on any atom is 0.200 e. The van der Waals surface area contributed by atoms with Gasteiger partial charge in [0.2, 0.25) is 0 Å². The summed E-state index contributed by atoms with van der Waals surface area (Å²) >= 11 is 0. The molecule has 1 heterocycles. The number of nitrogens with two attached hydrogens (primary N) is 1. The number of imidazole rings is 1. The molecule has 0 aliphatic rings. The summed E-state index contributed by atoms with van der Waals surface area (Å²) in [5.41, 5.74) is 9.29. The Morgan fingerprint density at radius 1 is 1.12 bits per heavy atom. The molecule has 128 valence electrons. The van der Waals surface area contributed by atoms with Crippen LogP contribution in [0.4, 0.5) is 5.95 Å². The van der Waals surface area contributed by atoms with Crippen molar-refractivity contribution in [3.63, 3.8) is 0 Å². The fraction of sp³-hybridized carbons (Fsp3) is 0.190. The van der Waals surface area contributed by atoms with Gasteiger partial charge in [-0.15, -0.1) is 0 Å². The molecule has 2 N–H and O–H groups in total. The Balaban J connectivity index is 1.87. The van der Waals surface area contributed by atoms with Crippen molar-refractivity contribution in [1.29, 1.82) is 0 Å². The molecule has 0 aliphatic carbocycles. The molecule has 0 bridgehead atoms. The third-order valence-corrected chi connectivity index (χ3v) is 4.29. The standard InChI is InChI=1S/C21H23N3O/c1-24-15-20(23-21(24)22)19(17-11-13-18(25-2)14-12-17)10-6-9-16-7-4-3-5-8-16/h3-9,11-15,19H,10H2,1-2H3,(H2,22,23)/b9-6+. The summed E-state index contributed by atoms with van der Waals surface area (Å²) in [6, 6.07) is 18.4. The van der Waals surface area contributed by atoms with Gasteiger partial charge >= 0.3 is 0 Å². The first-order valence-electron chi connectivity index (χ1n) is 8.31. The molecule has 0 radical (unpaired) electrons. The van der Waals surface area contributed by atoms with E-state index in [9.17, 15) is 0 Å². The third kappa shape index (κ3) is 4.10. The minimum Gasteiger partial charge on any atom is -0.497 e. The van der Waals surface area contributed by atoms with E-state index in [1.54, 1.807) is 7.11 Å². The lowest BCUT2D eigenvalue weighted by molar-refractivity contribution is 0.414. The average molecular weight is 333 g/mol. The Labute approximate surface area is 148 Å². The van der Waals surface area contributed by atoms with Crippen molar-refractivity contribution in [2.75, 3.05) is 12.8 Å². The zero-order chi connectivity index (χ0) is 17.6. The van der Waals surface area contributed by atoms with Gasteiger partial charge in [-0.2, -0.15) is 0 Å². The van der Waals surface area contributed by atoms with Crippen LogP contribution in [0.2, 0.25) is 0 Å². The number of rotatable bonds is 6. The molecule has 1 aromatic heterocycles. The fourth-order valence-electron chi connectivity index (χ4n) is 2.84. The van der Waals surface area contributed by atoms with Crippen molar-refractivity contribution >= 4 is 12.0 Å². The quantitative estimate of drug-likeness (QED) is 0.734. The van der Waals surface area contributed by atoms with Crippen LogP contribution in [0.15, 0.2) is 66.9 Å². The van der Waals surface area contributed by atoms with E-state index in [1.807, 2.05) is 48.1 Å². The van der Waals surface area contributed by atoms with E-state index in [0.717, 1.165) is 17.9 Å². The van der Waals surface area contributed by atoms with Crippen molar-refractivity contribution < 1.29 is 4.74 Å². The Hall–Kier alpha value is -3.01. The molecule has 0 saturated carbocycles. The van der Waals surface area contributed by atoms with E-state index in [0.29, 0.717) is 5.95 Å². The number of hydrogen-bond acceptors (Lipinski definition) is 3. The summed E-state index contributed by atoms with van der Waals surface area (Å²) in [5.74, 6) is 1.53. The summed E-state index contributed by atoms with van der Waals surface area (Å²) in [7, 11) is 3.59. The lowest BCUT2D eigenvalue weighted by Gasteiger charge is -2.14. The summed E-state index contributed by atoms with van der Waals surface area (Å²) in [6.07, 6.45) is 7.18. The SMILES string of the molecule is COc1ccc(C(C/C=C/c2ccccc2)c2cn(C)c(N)n2)cc1. The number of benzene rings is 2. The highest BCUT2D eigenvalue weighted by Gasteiger charge is 2.17. The molecule has 3 rings (SSSR count). The van der Waals surface area contributed by atoms with Gasteiger partial charge in [0.05, 0.1) is 12.8 Å². The predicted molar refractivity (Wildman–Crippen MR) is 103 cm³/mol. The van der Waals surface area contributed by atoms with Crippen LogP contribution < -0.4 is 10.5 Å². The number of methoxy groups -OCH3 is 1. The number of nitrogen functional groups attached to an aromatic ring is 1. The molecular formula is C21H23N3O. The maximum absolute atomic E-state index is 5.94. The van der Waals surface area contributed by atoms with Crippen molar-refractivity contribution in [1.82, 2.24) is 9.55 Å². The predicted octanol–water partition coefficient (Wildman–Crippen LogP) is 4.25. The van der Waals surface area contributed by atoms with Crippen molar-refractivity contribution in [3.05, 3.63) is 83.7 Å². The summed E-state index contributed by atoms with van der Waals surface area (Å²) in [4.78, 5) is 4.53. The molecule has 0 saturated heterocycles. The van der Waals surface area contributed by atoms with Crippen LogP contribution >= 0.6 is 0 Å². The van der Waals surface area contributed by atoms with Gasteiger partial charge in [-0.1, -0.05) is 54.6 Å². The zero-order valence-electron chi connectivity index (χ0n) is 14.6. The number of aryl methyl sites for hydroxylation is 1. The summed E-state index contributed by atoms with van der Waals surface area (Å²) in [6.45, 7) is 0. The molecule has 2 aromatic carbocycles. The van der Waals surface area contributed by atoms with Crippen LogP contribution in [0.5, 0.6) is 5.75 Å². The molecule has 0 amide bonds. The van der Waals surface area contributed by atoms with E-state index in [4.69, 9.17) is 10.5 Å². The molecular weight excluding hydrogens is 310 g/mol. The molecule has 0 spiro atoms. The number of ether oxygens (including phenoxy) is 1. The number of nitrogens with zero attached hydrogens (tertiary/aromatic N) is 2. The van der Waals surface area contributed by atoms with Crippen molar-refractivity contribution in [2.24, 2.45) is 7.05 Å². The smallest absolute Gasteiger partial charge is 0.200 e. The first-order valence-corrected chi connectivity index (χ1v) is 8.31. The van der Waals surface area contributed by atoms with Gasteiger partial charge in [0.15, 0.2) is 5.95 Å². The van der Waals surface area contributed by atoms with Crippen LogP contribution in [-0.2, 0) is 7.05 Å². The minimum absolute atomic E-state index is 0.148. The number of allylic oxidation sites excluding steroid dienone is 1. The van der Waals surface area contributed by atoms with E-state index in [-0.39, 0.29) is 5.92 Å². The molecule has 4 nitrogen and oxygen atoms in total. The van der Waals surface area contributed by atoms with Crippen LogP contribution in [0.3, 0.4) is 0 Å². The van der Waals surface area contributed by atoms with Crippen LogP contribution in [0.1, 0.15) is 29.2 Å². The van der Waals surface area contributed by atoms with Gasteiger partial charge in [0, 0.05) is 19.2 Å². The lowest BCUT2D eigenvalue weighted by atomic mass is 9.92. The first kappa shape index (κ1) is 16.8. The van der Waals surface area contributed by atoms with Gasteiger partial charge in [0.25, 0.3) is 0 Å². The van der Waals surface area contributed by atoms with Crippen LogP contribution in [0, 0.1) is 0 Å². The lowest BCUT2D eigenvalue weighted by Crippen LogP contribution is -2.01. The number of aromatic nitrogens is 2. The highest BCUT2D eigenvalue weighted by atomic mass is 16.5. The average Bonchev–Trinajstić information content (AvgIpc) is 2.98. The summed E-state index contributed by atoms with van der Waals surface area (Å²) in [5, 5.41) is 0. The van der Waals surface area contributed by atoms with Gasteiger partial charge in [0.1, 0.15) is 5.75 Å². The minimum atomic E-state index is 0.148. The van der Waals surface area contributed by atoms with Gasteiger partial charge in [-0.25, -0.2) is 4.98 Å². The van der Waals surface area contributed by atoms with Crippen LogP contribution in [0.25, 0.3) is 6.08 Å². The van der Waals surface area contributed by atoms with Crippen molar-refractivity contribution in [3.8, 4) is 5.75 Å². The van der Waals surface area contributed by atoms with Crippen LogP contribution in [-0.4, -0.2) is 16.7 Å². The Bertz CT molecular complexity index is 816. The normalized spacial score (nSPS) is 12.4.